The first kappa shape index (κ1) is 12.5. The number of methoxy groups -OCH3 is 1. The van der Waals surface area contributed by atoms with Gasteiger partial charge in [-0.2, -0.15) is 0 Å². The van der Waals surface area contributed by atoms with Crippen molar-refractivity contribution < 1.29 is 9.47 Å². The van der Waals surface area contributed by atoms with E-state index in [1.807, 2.05) is 48.5 Å². The highest BCUT2D eigenvalue weighted by Crippen LogP contribution is 2.28. The maximum atomic E-state index is 5.78. The normalized spacial score (nSPS) is 10.1. The third kappa shape index (κ3) is 3.02. The summed E-state index contributed by atoms with van der Waals surface area (Å²) < 4.78 is 11.0. The van der Waals surface area contributed by atoms with Gasteiger partial charge in [-0.3, -0.25) is 0 Å². The van der Waals surface area contributed by atoms with Gasteiger partial charge in [0.1, 0.15) is 6.61 Å². The summed E-state index contributed by atoms with van der Waals surface area (Å²) in [5, 5.41) is 0. The predicted octanol–water partition coefficient (Wildman–Crippen LogP) is 2.73. The third-order valence-corrected chi connectivity index (χ3v) is 2.70. The van der Waals surface area contributed by atoms with Crippen LogP contribution < -0.4 is 15.2 Å². The van der Waals surface area contributed by atoms with Crippen LogP contribution in [0.25, 0.3) is 0 Å². The van der Waals surface area contributed by atoms with Crippen LogP contribution >= 0.6 is 0 Å². The van der Waals surface area contributed by atoms with Crippen molar-refractivity contribution in [1.29, 1.82) is 0 Å². The van der Waals surface area contributed by atoms with Crippen LogP contribution in [0.1, 0.15) is 11.1 Å². The van der Waals surface area contributed by atoms with Gasteiger partial charge >= 0.3 is 0 Å². The molecule has 18 heavy (non-hydrogen) atoms. The Bertz CT molecular complexity index is 497. The molecular formula is C15H17NO2. The van der Waals surface area contributed by atoms with Gasteiger partial charge in [0.2, 0.25) is 0 Å². The highest BCUT2D eigenvalue weighted by atomic mass is 16.5. The van der Waals surface area contributed by atoms with Crippen molar-refractivity contribution in [3.05, 3.63) is 59.7 Å². The Morgan fingerprint density at radius 1 is 0.944 bits per heavy atom. The van der Waals surface area contributed by atoms with Crippen LogP contribution in [0.3, 0.4) is 0 Å². The monoisotopic (exact) mass is 243 g/mol. The smallest absolute Gasteiger partial charge is 0.161 e. The first-order chi connectivity index (χ1) is 8.83. The molecule has 0 radical (unpaired) electrons. The summed E-state index contributed by atoms with van der Waals surface area (Å²) in [6, 6.07) is 15.8. The molecule has 2 rings (SSSR count). The minimum Gasteiger partial charge on any atom is -0.493 e. The molecule has 0 aromatic heterocycles. The summed E-state index contributed by atoms with van der Waals surface area (Å²) in [6.45, 7) is 1.01. The second-order valence-corrected chi connectivity index (χ2v) is 3.96. The second-order valence-electron chi connectivity index (χ2n) is 3.96. The van der Waals surface area contributed by atoms with E-state index < -0.39 is 0 Å². The van der Waals surface area contributed by atoms with Crippen molar-refractivity contribution in [2.45, 2.75) is 13.2 Å². The van der Waals surface area contributed by atoms with E-state index >= 15 is 0 Å². The SMILES string of the molecule is COc1ccc(CN)cc1OCc1ccccc1. The van der Waals surface area contributed by atoms with Gasteiger partial charge in [0.05, 0.1) is 7.11 Å². The molecule has 0 aliphatic carbocycles. The summed E-state index contributed by atoms with van der Waals surface area (Å²) in [6.07, 6.45) is 0. The minimum absolute atomic E-state index is 0.492. The molecule has 0 aliphatic heterocycles. The van der Waals surface area contributed by atoms with Crippen LogP contribution in [-0.4, -0.2) is 7.11 Å². The Labute approximate surface area is 107 Å². The number of hydrogen-bond acceptors (Lipinski definition) is 3. The summed E-state index contributed by atoms with van der Waals surface area (Å²) in [7, 11) is 1.63. The van der Waals surface area contributed by atoms with Gasteiger partial charge in [0.15, 0.2) is 11.5 Å². The zero-order valence-corrected chi connectivity index (χ0v) is 10.4. The molecule has 2 N–H and O–H groups in total. The molecule has 0 fully saturated rings. The molecule has 0 amide bonds. The van der Waals surface area contributed by atoms with Crippen LogP contribution in [0.4, 0.5) is 0 Å². The molecule has 3 nitrogen and oxygen atoms in total. The Hall–Kier alpha value is -2.00. The number of ether oxygens (including phenoxy) is 2. The minimum atomic E-state index is 0.492. The van der Waals surface area contributed by atoms with Crippen molar-refractivity contribution >= 4 is 0 Å². The first-order valence-corrected chi connectivity index (χ1v) is 5.87. The molecule has 94 valence electrons. The van der Waals surface area contributed by atoms with E-state index in [9.17, 15) is 0 Å². The molecule has 3 heteroatoms. The van der Waals surface area contributed by atoms with Crippen LogP contribution in [0, 0.1) is 0 Å². The molecule has 2 aromatic carbocycles. The van der Waals surface area contributed by atoms with Gasteiger partial charge in [-0.15, -0.1) is 0 Å². The van der Waals surface area contributed by atoms with E-state index in [0.29, 0.717) is 13.2 Å². The Balaban J connectivity index is 2.12. The van der Waals surface area contributed by atoms with Gasteiger partial charge < -0.3 is 15.2 Å². The number of nitrogens with two attached hydrogens (primary N) is 1. The standard InChI is InChI=1S/C15H17NO2/c1-17-14-8-7-13(10-16)9-15(14)18-11-12-5-3-2-4-6-12/h2-9H,10-11,16H2,1H3. The van der Waals surface area contributed by atoms with Crippen LogP contribution in [0.15, 0.2) is 48.5 Å². The Morgan fingerprint density at radius 2 is 1.72 bits per heavy atom. The average molecular weight is 243 g/mol. The van der Waals surface area contributed by atoms with E-state index in [2.05, 4.69) is 0 Å². The summed E-state index contributed by atoms with van der Waals surface area (Å²) in [5.74, 6) is 1.45. The van der Waals surface area contributed by atoms with Crippen molar-refractivity contribution in [3.63, 3.8) is 0 Å². The highest BCUT2D eigenvalue weighted by Gasteiger charge is 2.05. The lowest BCUT2D eigenvalue weighted by atomic mass is 10.2. The van der Waals surface area contributed by atoms with E-state index in [4.69, 9.17) is 15.2 Å². The van der Waals surface area contributed by atoms with Crippen LogP contribution in [0.5, 0.6) is 11.5 Å². The summed E-state index contributed by atoms with van der Waals surface area (Å²) in [4.78, 5) is 0. The lowest BCUT2D eigenvalue weighted by Crippen LogP contribution is -2.01. The molecular weight excluding hydrogens is 226 g/mol. The van der Waals surface area contributed by atoms with Crippen molar-refractivity contribution in [3.8, 4) is 11.5 Å². The zero-order valence-electron chi connectivity index (χ0n) is 10.4. The van der Waals surface area contributed by atoms with E-state index in [1.165, 1.54) is 0 Å². The van der Waals surface area contributed by atoms with Crippen molar-refractivity contribution in [2.75, 3.05) is 7.11 Å². The summed E-state index contributed by atoms with van der Waals surface area (Å²) >= 11 is 0. The zero-order chi connectivity index (χ0) is 12.8. The lowest BCUT2D eigenvalue weighted by Gasteiger charge is -2.12. The van der Waals surface area contributed by atoms with Gasteiger partial charge in [-0.25, -0.2) is 0 Å². The quantitative estimate of drug-likeness (QED) is 0.878. The molecule has 2 aromatic rings. The molecule has 0 saturated heterocycles. The maximum Gasteiger partial charge on any atom is 0.161 e. The summed E-state index contributed by atoms with van der Waals surface area (Å²) in [5.41, 5.74) is 7.77. The fourth-order valence-corrected chi connectivity index (χ4v) is 1.70. The first-order valence-electron chi connectivity index (χ1n) is 5.87. The molecule has 0 spiro atoms. The predicted molar refractivity (Wildman–Crippen MR) is 71.7 cm³/mol. The van der Waals surface area contributed by atoms with Gasteiger partial charge in [-0.1, -0.05) is 36.4 Å². The maximum absolute atomic E-state index is 5.78. The van der Waals surface area contributed by atoms with Gasteiger partial charge in [-0.05, 0) is 23.3 Å². The molecule has 0 heterocycles. The molecule has 0 aliphatic rings. The third-order valence-electron chi connectivity index (χ3n) is 2.70. The number of hydrogen-bond donors (Lipinski definition) is 1. The molecule has 0 bridgehead atoms. The van der Waals surface area contributed by atoms with Crippen LogP contribution in [-0.2, 0) is 13.2 Å². The topological polar surface area (TPSA) is 44.5 Å². The molecule has 0 atom stereocenters. The fraction of sp³-hybridized carbons (Fsp3) is 0.200. The van der Waals surface area contributed by atoms with Crippen molar-refractivity contribution in [2.24, 2.45) is 5.73 Å². The van der Waals surface area contributed by atoms with Crippen molar-refractivity contribution in [1.82, 2.24) is 0 Å². The van der Waals surface area contributed by atoms with Gasteiger partial charge in [0.25, 0.3) is 0 Å². The number of rotatable bonds is 5. The molecule has 0 saturated carbocycles. The Morgan fingerprint density at radius 3 is 2.39 bits per heavy atom. The average Bonchev–Trinajstić information content (AvgIpc) is 2.45. The number of benzene rings is 2. The van der Waals surface area contributed by atoms with E-state index in [1.54, 1.807) is 7.11 Å². The fourth-order valence-electron chi connectivity index (χ4n) is 1.70. The van der Waals surface area contributed by atoms with E-state index in [-0.39, 0.29) is 0 Å². The highest BCUT2D eigenvalue weighted by molar-refractivity contribution is 5.43. The Kier molecular flexibility index (Phi) is 4.20. The second kappa shape index (κ2) is 6.07. The molecule has 0 unspecified atom stereocenters. The lowest BCUT2D eigenvalue weighted by molar-refractivity contribution is 0.284. The van der Waals surface area contributed by atoms with Crippen LogP contribution in [0.2, 0.25) is 0 Å². The van der Waals surface area contributed by atoms with Gasteiger partial charge in [0, 0.05) is 6.54 Å². The van der Waals surface area contributed by atoms with E-state index in [0.717, 1.165) is 22.6 Å². The largest absolute Gasteiger partial charge is 0.493 e.